The van der Waals surface area contributed by atoms with Crippen molar-refractivity contribution < 1.29 is 17.6 Å². The molecule has 1 saturated heterocycles. The Kier molecular flexibility index (Phi) is 5.51. The largest absolute Gasteiger partial charge is 0.354 e. The van der Waals surface area contributed by atoms with Gasteiger partial charge in [-0.15, -0.1) is 11.3 Å². The van der Waals surface area contributed by atoms with Crippen molar-refractivity contribution in [2.75, 3.05) is 13.1 Å². The number of carbonyl (C=O) groups is 1. The topological polar surface area (TPSA) is 66.5 Å². The molecule has 0 bridgehead atoms. The summed E-state index contributed by atoms with van der Waals surface area (Å²) in [5.74, 6) is -0.631. The number of hydrogen-bond donors (Lipinski definition) is 1. The highest BCUT2D eigenvalue weighted by Gasteiger charge is 2.39. The third-order valence-electron chi connectivity index (χ3n) is 4.22. The van der Waals surface area contributed by atoms with Crippen molar-refractivity contribution in [1.29, 1.82) is 0 Å². The minimum Gasteiger partial charge on any atom is -0.354 e. The van der Waals surface area contributed by atoms with Crippen LogP contribution in [0.15, 0.2) is 46.0 Å². The van der Waals surface area contributed by atoms with Gasteiger partial charge in [-0.05, 0) is 42.3 Å². The number of sulfonamides is 1. The monoisotopic (exact) mass is 382 g/mol. The zero-order valence-electron chi connectivity index (χ0n) is 13.5. The SMILES string of the molecule is O=C(NCCc1ccccc1F)C1CCCN1S(=O)(=O)c1cccs1. The van der Waals surface area contributed by atoms with Gasteiger partial charge in [0.25, 0.3) is 10.0 Å². The first-order valence-electron chi connectivity index (χ1n) is 8.06. The van der Waals surface area contributed by atoms with Crippen molar-refractivity contribution in [3.05, 3.63) is 53.2 Å². The lowest BCUT2D eigenvalue weighted by atomic mass is 10.1. The number of carbonyl (C=O) groups excluding carboxylic acids is 1. The molecule has 8 heteroatoms. The Morgan fingerprint density at radius 1 is 1.28 bits per heavy atom. The van der Waals surface area contributed by atoms with Crippen LogP contribution in [0.4, 0.5) is 4.39 Å². The molecule has 1 aromatic heterocycles. The van der Waals surface area contributed by atoms with Crippen LogP contribution >= 0.6 is 11.3 Å². The van der Waals surface area contributed by atoms with E-state index >= 15 is 0 Å². The highest BCUT2D eigenvalue weighted by atomic mass is 32.2. The smallest absolute Gasteiger partial charge is 0.253 e. The molecule has 0 spiro atoms. The normalized spacial score (nSPS) is 18.4. The fourth-order valence-electron chi connectivity index (χ4n) is 2.96. The summed E-state index contributed by atoms with van der Waals surface area (Å²) >= 11 is 1.14. The zero-order valence-corrected chi connectivity index (χ0v) is 15.2. The second kappa shape index (κ2) is 7.63. The van der Waals surface area contributed by atoms with Gasteiger partial charge < -0.3 is 5.32 Å². The maximum Gasteiger partial charge on any atom is 0.253 e. The van der Waals surface area contributed by atoms with Crippen molar-refractivity contribution >= 4 is 27.3 Å². The molecule has 1 amide bonds. The van der Waals surface area contributed by atoms with E-state index in [4.69, 9.17) is 0 Å². The number of halogens is 1. The molecule has 5 nitrogen and oxygen atoms in total. The van der Waals surface area contributed by atoms with Gasteiger partial charge in [0.15, 0.2) is 0 Å². The summed E-state index contributed by atoms with van der Waals surface area (Å²) in [6, 6.07) is 8.93. The average Bonchev–Trinajstić information content (AvgIpc) is 3.28. The molecule has 1 fully saturated rings. The van der Waals surface area contributed by atoms with Crippen LogP contribution in [-0.2, 0) is 21.2 Å². The van der Waals surface area contributed by atoms with Crippen molar-refractivity contribution in [2.45, 2.75) is 29.5 Å². The third-order valence-corrected chi connectivity index (χ3v) is 7.50. The standard InChI is InChI=1S/C17H19FN2O3S2/c18-14-6-2-1-5-13(14)9-10-19-17(21)15-7-3-11-20(15)25(22,23)16-8-4-12-24-16/h1-2,4-6,8,12,15H,3,7,9-11H2,(H,19,21). The molecule has 2 aromatic rings. The van der Waals surface area contributed by atoms with Crippen LogP contribution in [0.5, 0.6) is 0 Å². The molecule has 1 unspecified atom stereocenters. The number of nitrogens with zero attached hydrogens (tertiary/aromatic N) is 1. The minimum absolute atomic E-state index is 0.249. The van der Waals surface area contributed by atoms with E-state index in [0.717, 1.165) is 11.3 Å². The summed E-state index contributed by atoms with van der Waals surface area (Å²) in [4.78, 5) is 12.4. The molecular weight excluding hydrogens is 363 g/mol. The van der Waals surface area contributed by atoms with Crippen LogP contribution in [0.1, 0.15) is 18.4 Å². The van der Waals surface area contributed by atoms with Gasteiger partial charge in [-0.2, -0.15) is 4.31 Å². The van der Waals surface area contributed by atoms with Gasteiger partial charge in [0.2, 0.25) is 5.91 Å². The third kappa shape index (κ3) is 3.91. The molecule has 1 aromatic carbocycles. The Bertz CT molecular complexity index is 837. The molecule has 2 heterocycles. The fraction of sp³-hybridized carbons (Fsp3) is 0.353. The summed E-state index contributed by atoms with van der Waals surface area (Å²) in [7, 11) is -3.64. The number of benzene rings is 1. The van der Waals surface area contributed by atoms with Crippen LogP contribution in [-0.4, -0.2) is 37.8 Å². The summed E-state index contributed by atoms with van der Waals surface area (Å²) in [6.45, 7) is 0.606. The fourth-order valence-corrected chi connectivity index (χ4v) is 5.73. The second-order valence-electron chi connectivity index (χ2n) is 5.84. The van der Waals surface area contributed by atoms with E-state index in [1.165, 1.54) is 10.4 Å². The van der Waals surface area contributed by atoms with E-state index in [2.05, 4.69) is 5.32 Å². The lowest BCUT2D eigenvalue weighted by Crippen LogP contribution is -2.46. The molecule has 0 saturated carbocycles. The van der Waals surface area contributed by atoms with Crippen LogP contribution in [0.2, 0.25) is 0 Å². The van der Waals surface area contributed by atoms with Crippen LogP contribution in [0.3, 0.4) is 0 Å². The van der Waals surface area contributed by atoms with E-state index in [9.17, 15) is 17.6 Å². The predicted octanol–water partition coefficient (Wildman–Crippen LogP) is 2.40. The summed E-state index contributed by atoms with van der Waals surface area (Å²) < 4.78 is 40.4. The van der Waals surface area contributed by atoms with Crippen LogP contribution < -0.4 is 5.32 Å². The Morgan fingerprint density at radius 3 is 2.80 bits per heavy atom. The van der Waals surface area contributed by atoms with E-state index < -0.39 is 16.1 Å². The molecule has 3 rings (SSSR count). The first-order chi connectivity index (χ1) is 12.0. The van der Waals surface area contributed by atoms with Gasteiger partial charge in [0.1, 0.15) is 16.1 Å². The molecule has 1 atom stereocenters. The lowest BCUT2D eigenvalue weighted by molar-refractivity contribution is -0.124. The van der Waals surface area contributed by atoms with Gasteiger partial charge in [-0.1, -0.05) is 24.3 Å². The maximum absolute atomic E-state index is 13.6. The maximum atomic E-state index is 13.6. The Morgan fingerprint density at radius 2 is 2.08 bits per heavy atom. The number of nitrogens with one attached hydrogen (secondary N) is 1. The Balaban J connectivity index is 1.62. The van der Waals surface area contributed by atoms with Gasteiger partial charge in [0, 0.05) is 13.1 Å². The summed E-state index contributed by atoms with van der Waals surface area (Å²) in [6.07, 6.45) is 1.51. The van der Waals surface area contributed by atoms with Crippen molar-refractivity contribution in [1.82, 2.24) is 9.62 Å². The summed E-state index contributed by atoms with van der Waals surface area (Å²) in [5.41, 5.74) is 0.525. The van der Waals surface area contributed by atoms with Gasteiger partial charge in [0.05, 0.1) is 0 Å². The molecule has 0 radical (unpaired) electrons. The van der Waals surface area contributed by atoms with Crippen LogP contribution in [0.25, 0.3) is 0 Å². The van der Waals surface area contributed by atoms with E-state index in [-0.39, 0.29) is 22.5 Å². The Hall–Kier alpha value is -1.77. The van der Waals surface area contributed by atoms with E-state index in [1.54, 1.807) is 35.7 Å². The number of thiophene rings is 1. The molecule has 134 valence electrons. The predicted molar refractivity (Wildman–Crippen MR) is 94.3 cm³/mol. The van der Waals surface area contributed by atoms with Crippen molar-refractivity contribution in [3.63, 3.8) is 0 Å². The zero-order chi connectivity index (χ0) is 17.9. The minimum atomic E-state index is -3.64. The number of amides is 1. The first-order valence-corrected chi connectivity index (χ1v) is 10.4. The molecule has 1 N–H and O–H groups in total. The van der Waals surface area contributed by atoms with Gasteiger partial charge in [-0.25, -0.2) is 12.8 Å². The first kappa shape index (κ1) is 18.0. The molecular formula is C17H19FN2O3S2. The van der Waals surface area contributed by atoms with E-state index in [1.807, 2.05) is 0 Å². The Labute approximate surface area is 150 Å². The highest BCUT2D eigenvalue weighted by molar-refractivity contribution is 7.91. The molecule has 1 aliphatic rings. The van der Waals surface area contributed by atoms with Crippen molar-refractivity contribution in [2.24, 2.45) is 0 Å². The van der Waals surface area contributed by atoms with Crippen molar-refractivity contribution in [3.8, 4) is 0 Å². The highest BCUT2D eigenvalue weighted by Crippen LogP contribution is 2.28. The van der Waals surface area contributed by atoms with Gasteiger partial charge >= 0.3 is 0 Å². The van der Waals surface area contributed by atoms with Gasteiger partial charge in [-0.3, -0.25) is 4.79 Å². The second-order valence-corrected chi connectivity index (χ2v) is 8.90. The van der Waals surface area contributed by atoms with E-state index in [0.29, 0.717) is 31.4 Å². The number of rotatable bonds is 6. The number of hydrogen-bond acceptors (Lipinski definition) is 4. The summed E-state index contributed by atoms with van der Waals surface area (Å²) in [5, 5.41) is 4.44. The molecule has 1 aliphatic heterocycles. The van der Waals surface area contributed by atoms with Crippen LogP contribution in [0, 0.1) is 5.82 Å². The molecule has 25 heavy (non-hydrogen) atoms. The molecule has 0 aliphatic carbocycles. The lowest BCUT2D eigenvalue weighted by Gasteiger charge is -2.22. The quantitative estimate of drug-likeness (QED) is 0.834. The average molecular weight is 382 g/mol.